The molecular formula is C46H76N2O8. The van der Waals surface area contributed by atoms with Crippen molar-refractivity contribution in [1.29, 1.82) is 0 Å². The summed E-state index contributed by atoms with van der Waals surface area (Å²) in [5.74, 6) is 2.02. The Morgan fingerprint density at radius 1 is 0.661 bits per heavy atom. The zero-order chi connectivity index (χ0) is 39.7. The first-order chi connectivity index (χ1) is 26.9. The third-order valence-electron chi connectivity index (χ3n) is 15.4. The molecule has 0 radical (unpaired) electrons. The molecule has 0 amide bonds. The van der Waals surface area contributed by atoms with E-state index in [1.165, 1.54) is 57.8 Å². The number of fused-ring (bicyclic) bond motifs is 4. The molecule has 0 aromatic carbocycles. The predicted molar refractivity (Wildman–Crippen MR) is 215 cm³/mol. The molecule has 9 atom stereocenters. The molecule has 0 saturated heterocycles. The molecule has 6 aliphatic carbocycles. The molecule has 6 saturated carbocycles. The largest absolute Gasteiger partial charge is 0.465 e. The van der Waals surface area contributed by atoms with Crippen molar-refractivity contribution in [3.8, 4) is 0 Å². The number of nitrogens with one attached hydrogen (secondary N) is 2. The van der Waals surface area contributed by atoms with Gasteiger partial charge in [0.05, 0.1) is 32.2 Å². The van der Waals surface area contributed by atoms with Crippen LogP contribution in [0.4, 0.5) is 0 Å². The Labute approximate surface area is 337 Å². The SMILES string of the molecule is CCCCC(C)OC(=O)CC(NCC1(C)CC2CCC1C2)C(=O)OCC1CCC(COC(=O)CC(NCC2(C)CC3CCC2C3)C(=O)OC2CCCCC2)CC1. The van der Waals surface area contributed by atoms with Gasteiger partial charge in [-0.15, -0.1) is 0 Å². The summed E-state index contributed by atoms with van der Waals surface area (Å²) < 4.78 is 23.4. The minimum atomic E-state index is -0.720. The maximum Gasteiger partial charge on any atom is 0.324 e. The van der Waals surface area contributed by atoms with E-state index in [1.54, 1.807) is 0 Å². The van der Waals surface area contributed by atoms with E-state index in [-0.39, 0.29) is 71.6 Å². The van der Waals surface area contributed by atoms with Crippen LogP contribution in [0.5, 0.6) is 0 Å². The second-order valence-corrected chi connectivity index (χ2v) is 20.1. The molecule has 6 fully saturated rings. The smallest absolute Gasteiger partial charge is 0.324 e. The molecule has 2 N–H and O–H groups in total. The summed E-state index contributed by atoms with van der Waals surface area (Å²) >= 11 is 0. The topological polar surface area (TPSA) is 129 Å². The van der Waals surface area contributed by atoms with Gasteiger partial charge in [0.1, 0.15) is 18.2 Å². The summed E-state index contributed by atoms with van der Waals surface area (Å²) in [7, 11) is 0. The number of ether oxygens (including phenoxy) is 4. The Kier molecular flexibility index (Phi) is 15.6. The van der Waals surface area contributed by atoms with Crippen molar-refractivity contribution in [2.24, 2.45) is 46.3 Å². The van der Waals surface area contributed by atoms with E-state index in [0.717, 1.165) is 89.0 Å². The van der Waals surface area contributed by atoms with E-state index in [1.807, 2.05) is 6.92 Å². The molecular weight excluding hydrogens is 709 g/mol. The average Bonchev–Trinajstić information content (AvgIpc) is 3.99. The van der Waals surface area contributed by atoms with E-state index in [2.05, 4.69) is 31.4 Å². The van der Waals surface area contributed by atoms with Crippen LogP contribution >= 0.6 is 0 Å². The summed E-state index contributed by atoms with van der Waals surface area (Å²) in [6, 6.07) is -1.41. The molecule has 6 aliphatic rings. The highest BCUT2D eigenvalue weighted by molar-refractivity contribution is 5.83. The number of unbranched alkanes of at least 4 members (excludes halogenated alkanes) is 1. The molecule has 0 aromatic heterocycles. The molecule has 10 heteroatoms. The Balaban J connectivity index is 0.930. The van der Waals surface area contributed by atoms with Gasteiger partial charge in [-0.25, -0.2) is 0 Å². The fourth-order valence-electron chi connectivity index (χ4n) is 11.8. The standard InChI is InChI=1S/C46H76N2O8/c1-5-6-10-31(2)55-42(50)24-39(47-29-45(3)25-34-17-19-36(45)21-34)43(51)54-28-33-15-13-32(14-16-33)27-53-41(49)23-40(44(52)56-38-11-8-7-9-12-38)48-30-46(4)26-35-18-20-37(46)22-35/h31-40,47-48H,5-30H2,1-4H3. The lowest BCUT2D eigenvalue weighted by Crippen LogP contribution is -2.47. The van der Waals surface area contributed by atoms with Crippen LogP contribution < -0.4 is 10.6 Å². The molecule has 56 heavy (non-hydrogen) atoms. The maximum atomic E-state index is 13.5. The zero-order valence-corrected chi connectivity index (χ0v) is 35.4. The highest BCUT2D eigenvalue weighted by Gasteiger charge is 2.49. The lowest BCUT2D eigenvalue weighted by atomic mass is 9.74. The zero-order valence-electron chi connectivity index (χ0n) is 35.4. The molecule has 0 spiro atoms. The maximum absolute atomic E-state index is 13.5. The summed E-state index contributed by atoms with van der Waals surface area (Å²) in [5, 5.41) is 6.96. The lowest BCUT2D eigenvalue weighted by Gasteiger charge is -2.35. The second-order valence-electron chi connectivity index (χ2n) is 20.1. The van der Waals surface area contributed by atoms with Crippen molar-refractivity contribution in [1.82, 2.24) is 10.6 Å². The number of hydrogen-bond acceptors (Lipinski definition) is 10. The van der Waals surface area contributed by atoms with E-state index in [9.17, 15) is 19.2 Å². The highest BCUT2D eigenvalue weighted by atomic mass is 16.6. The minimum Gasteiger partial charge on any atom is -0.465 e. The predicted octanol–water partition coefficient (Wildman–Crippen LogP) is 8.23. The first-order valence-electron chi connectivity index (χ1n) is 23.1. The molecule has 0 heterocycles. The first kappa shape index (κ1) is 43.4. The molecule has 318 valence electrons. The number of esters is 4. The minimum absolute atomic E-state index is 0.0121. The fraction of sp³-hybridized carbons (Fsp3) is 0.913. The van der Waals surface area contributed by atoms with Crippen LogP contribution in [-0.2, 0) is 38.1 Å². The van der Waals surface area contributed by atoms with Gasteiger partial charge in [-0.2, -0.15) is 0 Å². The number of rotatable bonds is 21. The van der Waals surface area contributed by atoms with Crippen LogP contribution in [0.15, 0.2) is 0 Å². The first-order valence-corrected chi connectivity index (χ1v) is 23.1. The molecule has 9 unspecified atom stereocenters. The average molecular weight is 785 g/mol. The Morgan fingerprint density at radius 3 is 1.71 bits per heavy atom. The van der Waals surface area contributed by atoms with Gasteiger partial charge in [0.2, 0.25) is 0 Å². The number of hydrogen-bond donors (Lipinski definition) is 2. The van der Waals surface area contributed by atoms with Crippen LogP contribution in [0, 0.1) is 46.3 Å². The Hall–Kier alpha value is -2.20. The van der Waals surface area contributed by atoms with Gasteiger partial charge >= 0.3 is 23.9 Å². The van der Waals surface area contributed by atoms with Gasteiger partial charge in [0.15, 0.2) is 0 Å². The van der Waals surface area contributed by atoms with Crippen molar-refractivity contribution in [2.75, 3.05) is 26.3 Å². The summed E-state index contributed by atoms with van der Waals surface area (Å²) in [4.78, 5) is 53.1. The third kappa shape index (κ3) is 11.9. The fourth-order valence-corrected chi connectivity index (χ4v) is 11.8. The molecule has 10 nitrogen and oxygen atoms in total. The van der Waals surface area contributed by atoms with E-state index in [4.69, 9.17) is 18.9 Å². The number of carbonyl (C=O) groups excluding carboxylic acids is 4. The lowest BCUT2D eigenvalue weighted by molar-refractivity contribution is -0.158. The Bertz CT molecular complexity index is 1310. The Morgan fingerprint density at radius 2 is 1.20 bits per heavy atom. The van der Waals surface area contributed by atoms with E-state index < -0.39 is 12.1 Å². The monoisotopic (exact) mass is 785 g/mol. The van der Waals surface area contributed by atoms with Gasteiger partial charge < -0.3 is 29.6 Å². The van der Waals surface area contributed by atoms with Gasteiger partial charge in [0, 0.05) is 13.1 Å². The van der Waals surface area contributed by atoms with Crippen molar-refractivity contribution < 1.29 is 38.1 Å². The summed E-state index contributed by atoms with van der Waals surface area (Å²) in [6.07, 6.45) is 21.4. The third-order valence-corrected chi connectivity index (χ3v) is 15.4. The van der Waals surface area contributed by atoms with Crippen molar-refractivity contribution in [3.05, 3.63) is 0 Å². The van der Waals surface area contributed by atoms with Gasteiger partial charge in [-0.05, 0) is 150 Å². The molecule has 0 aliphatic heterocycles. The van der Waals surface area contributed by atoms with Gasteiger partial charge in [-0.1, -0.05) is 52.9 Å². The van der Waals surface area contributed by atoms with E-state index >= 15 is 0 Å². The molecule has 6 rings (SSSR count). The van der Waals surface area contributed by atoms with Crippen LogP contribution in [0.2, 0.25) is 0 Å². The van der Waals surface area contributed by atoms with Crippen LogP contribution in [0.1, 0.15) is 169 Å². The normalized spacial score (nSPS) is 34.1. The van der Waals surface area contributed by atoms with Crippen molar-refractivity contribution in [3.63, 3.8) is 0 Å². The van der Waals surface area contributed by atoms with Gasteiger partial charge in [-0.3, -0.25) is 19.2 Å². The quantitative estimate of drug-likeness (QED) is 0.0868. The highest BCUT2D eigenvalue weighted by Crippen LogP contribution is 2.56. The van der Waals surface area contributed by atoms with Crippen LogP contribution in [-0.4, -0.2) is 74.5 Å². The second kappa shape index (κ2) is 20.2. The van der Waals surface area contributed by atoms with Gasteiger partial charge in [0.25, 0.3) is 0 Å². The van der Waals surface area contributed by atoms with Crippen LogP contribution in [0.25, 0.3) is 0 Å². The number of carbonyl (C=O) groups is 4. The van der Waals surface area contributed by atoms with Crippen LogP contribution in [0.3, 0.4) is 0 Å². The molecule has 0 aromatic rings. The summed E-state index contributed by atoms with van der Waals surface area (Å²) in [5.41, 5.74) is 0.303. The molecule has 4 bridgehead atoms. The van der Waals surface area contributed by atoms with E-state index in [0.29, 0.717) is 31.6 Å². The van der Waals surface area contributed by atoms with Crippen molar-refractivity contribution >= 4 is 23.9 Å². The summed E-state index contributed by atoms with van der Waals surface area (Å²) in [6.45, 7) is 10.8. The van der Waals surface area contributed by atoms with Crippen molar-refractivity contribution in [2.45, 2.75) is 193 Å².